The summed E-state index contributed by atoms with van der Waals surface area (Å²) in [7, 11) is 0. The first-order valence-electron chi connectivity index (χ1n) is 19.7. The number of carbonyl (C=O) groups excluding carboxylic acids is 2. The zero-order valence-electron chi connectivity index (χ0n) is 30.2. The molecule has 0 aliphatic rings. The topological polar surface area (TPSA) is 98.8 Å². The van der Waals surface area contributed by atoms with E-state index in [9.17, 15) is 14.7 Å². The van der Waals surface area contributed by atoms with Crippen molar-refractivity contribution in [1.82, 2.24) is 0 Å². The number of aliphatic hydroxyl groups excluding tert-OH is 1. The van der Waals surface area contributed by atoms with Crippen LogP contribution >= 0.6 is 0 Å². The van der Waals surface area contributed by atoms with Gasteiger partial charge in [-0.25, -0.2) is 0 Å². The first-order valence-corrected chi connectivity index (χ1v) is 19.7. The molecule has 3 N–H and O–H groups in total. The lowest BCUT2D eigenvalue weighted by Gasteiger charge is -2.28. The fraction of sp³-hybridized carbons (Fsp3) is 0.949. The summed E-state index contributed by atoms with van der Waals surface area (Å²) in [6.45, 7) is 4.95. The van der Waals surface area contributed by atoms with E-state index in [2.05, 4.69) is 13.8 Å². The number of aliphatic hydroxyl groups is 1. The van der Waals surface area contributed by atoms with E-state index in [1.165, 1.54) is 141 Å². The molecule has 6 heteroatoms. The Balaban J connectivity index is 3.72. The Labute approximate surface area is 279 Å². The number of hydrogen-bond donors (Lipinski definition) is 2. The molecule has 0 saturated carbocycles. The highest BCUT2D eigenvalue weighted by molar-refractivity contribution is 5.69. The summed E-state index contributed by atoms with van der Waals surface area (Å²) in [5.41, 5.74) is 5.78. The Morgan fingerprint density at radius 1 is 0.467 bits per heavy atom. The van der Waals surface area contributed by atoms with Crippen molar-refractivity contribution in [3.63, 3.8) is 0 Å². The molecule has 45 heavy (non-hydrogen) atoms. The minimum absolute atomic E-state index is 0.0453. The van der Waals surface area contributed by atoms with Gasteiger partial charge in [-0.2, -0.15) is 0 Å². The molecule has 0 saturated heterocycles. The maximum absolute atomic E-state index is 12.2. The molecule has 0 atom stereocenters. The van der Waals surface area contributed by atoms with Crippen LogP contribution in [-0.2, 0) is 19.1 Å². The molecule has 0 aromatic heterocycles. The summed E-state index contributed by atoms with van der Waals surface area (Å²) in [5.74, 6) is -0.345. The fourth-order valence-corrected chi connectivity index (χ4v) is 6.05. The van der Waals surface area contributed by atoms with E-state index in [0.29, 0.717) is 32.1 Å². The van der Waals surface area contributed by atoms with Gasteiger partial charge in [-0.1, -0.05) is 168 Å². The Morgan fingerprint density at radius 3 is 1.00 bits per heavy atom. The maximum Gasteiger partial charge on any atom is 0.305 e. The van der Waals surface area contributed by atoms with Gasteiger partial charge in [-0.3, -0.25) is 9.59 Å². The SMILES string of the molecule is CCCCCCCCCCCCCCCC(=O)OCCC(N)(CCO)CCOC(=O)CCCCCCCCCCCCCCC. The van der Waals surface area contributed by atoms with Crippen molar-refractivity contribution in [3.8, 4) is 0 Å². The highest BCUT2D eigenvalue weighted by atomic mass is 16.5. The van der Waals surface area contributed by atoms with Gasteiger partial charge in [-0.05, 0) is 32.1 Å². The molecule has 0 spiro atoms. The second-order valence-electron chi connectivity index (χ2n) is 13.8. The molecule has 0 aromatic rings. The smallest absolute Gasteiger partial charge is 0.305 e. The number of unbranched alkanes of at least 4 members (excludes halogenated alkanes) is 24. The summed E-state index contributed by atoms with van der Waals surface area (Å²) in [6.07, 6.45) is 35.5. The Hall–Kier alpha value is -1.14. The normalized spacial score (nSPS) is 11.6. The molecule has 0 heterocycles. The molecule has 0 unspecified atom stereocenters. The van der Waals surface area contributed by atoms with E-state index in [1.54, 1.807) is 0 Å². The van der Waals surface area contributed by atoms with Gasteiger partial charge >= 0.3 is 11.9 Å². The number of esters is 2. The first kappa shape index (κ1) is 43.9. The van der Waals surface area contributed by atoms with Crippen LogP contribution in [0.2, 0.25) is 0 Å². The van der Waals surface area contributed by atoms with E-state index < -0.39 is 5.54 Å². The lowest BCUT2D eigenvalue weighted by atomic mass is 9.90. The van der Waals surface area contributed by atoms with Gasteiger partial charge < -0.3 is 20.3 Å². The van der Waals surface area contributed by atoms with Crippen molar-refractivity contribution >= 4 is 11.9 Å². The number of ether oxygens (including phenoxy) is 2. The zero-order valence-corrected chi connectivity index (χ0v) is 30.2. The summed E-state index contributed by atoms with van der Waals surface area (Å²) in [6, 6.07) is 0. The van der Waals surface area contributed by atoms with Gasteiger partial charge in [-0.15, -0.1) is 0 Å². The molecule has 0 rings (SSSR count). The third kappa shape index (κ3) is 32.6. The van der Waals surface area contributed by atoms with E-state index in [1.807, 2.05) is 0 Å². The van der Waals surface area contributed by atoms with Crippen LogP contribution in [0.5, 0.6) is 0 Å². The van der Waals surface area contributed by atoms with Crippen molar-refractivity contribution in [3.05, 3.63) is 0 Å². The van der Waals surface area contributed by atoms with Crippen LogP contribution in [0.4, 0.5) is 0 Å². The van der Waals surface area contributed by atoms with Crippen LogP contribution in [0, 0.1) is 0 Å². The van der Waals surface area contributed by atoms with Crippen LogP contribution in [0.25, 0.3) is 0 Å². The van der Waals surface area contributed by atoms with Gasteiger partial charge in [0, 0.05) is 25.0 Å². The first-order chi connectivity index (χ1) is 22.0. The molecule has 6 nitrogen and oxygen atoms in total. The molecular weight excluding hydrogens is 562 g/mol. The highest BCUT2D eigenvalue weighted by Gasteiger charge is 2.25. The molecule has 0 fully saturated rings. The third-order valence-corrected chi connectivity index (χ3v) is 9.30. The van der Waals surface area contributed by atoms with Crippen molar-refractivity contribution < 1.29 is 24.2 Å². The third-order valence-electron chi connectivity index (χ3n) is 9.30. The monoisotopic (exact) mass is 640 g/mol. The quantitative estimate of drug-likeness (QED) is 0.0523. The Kier molecular flexibility index (Phi) is 33.3. The predicted molar refractivity (Wildman–Crippen MR) is 190 cm³/mol. The highest BCUT2D eigenvalue weighted by Crippen LogP contribution is 2.19. The van der Waals surface area contributed by atoms with Crippen LogP contribution in [0.15, 0.2) is 0 Å². The second kappa shape index (κ2) is 34.2. The number of nitrogens with two attached hydrogens (primary N) is 1. The number of rotatable bonds is 36. The summed E-state index contributed by atoms with van der Waals surface area (Å²) < 4.78 is 10.9. The van der Waals surface area contributed by atoms with Crippen molar-refractivity contribution in [2.45, 2.75) is 218 Å². The maximum atomic E-state index is 12.2. The molecule has 0 aliphatic carbocycles. The van der Waals surface area contributed by atoms with Crippen LogP contribution in [0.3, 0.4) is 0 Å². The minimum Gasteiger partial charge on any atom is -0.466 e. The van der Waals surface area contributed by atoms with Crippen molar-refractivity contribution in [1.29, 1.82) is 0 Å². The molecule has 0 aromatic carbocycles. The van der Waals surface area contributed by atoms with Crippen LogP contribution in [-0.4, -0.2) is 42.4 Å². The molecule has 0 bridgehead atoms. The molecular formula is C39H77NO5. The van der Waals surface area contributed by atoms with Gasteiger partial charge in [0.25, 0.3) is 0 Å². The Morgan fingerprint density at radius 2 is 0.733 bits per heavy atom. The Bertz CT molecular complexity index is 593. The van der Waals surface area contributed by atoms with Gasteiger partial charge in [0.1, 0.15) is 0 Å². The van der Waals surface area contributed by atoms with Gasteiger partial charge in [0.2, 0.25) is 0 Å². The molecule has 0 amide bonds. The summed E-state index contributed by atoms with van der Waals surface area (Å²) in [4.78, 5) is 24.4. The second-order valence-corrected chi connectivity index (χ2v) is 13.8. The lowest BCUT2D eigenvalue weighted by molar-refractivity contribution is -0.144. The van der Waals surface area contributed by atoms with E-state index in [-0.39, 0.29) is 31.8 Å². The van der Waals surface area contributed by atoms with Gasteiger partial charge in [0.15, 0.2) is 0 Å². The zero-order chi connectivity index (χ0) is 33.1. The van der Waals surface area contributed by atoms with Gasteiger partial charge in [0.05, 0.1) is 13.2 Å². The lowest BCUT2D eigenvalue weighted by Crippen LogP contribution is -2.43. The average molecular weight is 640 g/mol. The number of hydrogen-bond acceptors (Lipinski definition) is 6. The number of carbonyl (C=O) groups is 2. The van der Waals surface area contributed by atoms with E-state index in [4.69, 9.17) is 15.2 Å². The van der Waals surface area contributed by atoms with E-state index in [0.717, 1.165) is 25.7 Å². The van der Waals surface area contributed by atoms with Crippen LogP contribution < -0.4 is 5.73 Å². The molecule has 268 valence electrons. The van der Waals surface area contributed by atoms with Crippen molar-refractivity contribution in [2.24, 2.45) is 5.73 Å². The molecule has 0 aliphatic heterocycles. The largest absolute Gasteiger partial charge is 0.466 e. The fourth-order valence-electron chi connectivity index (χ4n) is 6.05. The summed E-state index contributed by atoms with van der Waals surface area (Å²) >= 11 is 0. The minimum atomic E-state index is -0.708. The average Bonchev–Trinajstić information content (AvgIpc) is 3.02. The summed E-state index contributed by atoms with van der Waals surface area (Å²) in [5, 5.41) is 9.50. The predicted octanol–water partition coefficient (Wildman–Crippen LogP) is 10.9. The standard InChI is InChI=1S/C39H77NO5/c1-3-5-7-9-11-13-15-17-19-21-23-25-27-29-37(42)44-35-32-39(40,31-34-41)33-36-45-38(43)30-28-26-24-22-20-18-16-14-12-10-8-6-4-2/h41H,3-36,40H2,1-2H3. The van der Waals surface area contributed by atoms with Crippen LogP contribution in [0.1, 0.15) is 213 Å². The van der Waals surface area contributed by atoms with Crippen molar-refractivity contribution in [2.75, 3.05) is 19.8 Å². The van der Waals surface area contributed by atoms with E-state index >= 15 is 0 Å². The molecule has 0 radical (unpaired) electrons.